The van der Waals surface area contributed by atoms with Crippen LogP contribution in [-0.4, -0.2) is 37.8 Å². The molecule has 1 amide bonds. The van der Waals surface area contributed by atoms with Gasteiger partial charge in [0.15, 0.2) is 0 Å². The summed E-state index contributed by atoms with van der Waals surface area (Å²) in [6.07, 6.45) is 4.77. The van der Waals surface area contributed by atoms with Crippen molar-refractivity contribution in [3.05, 3.63) is 51.0 Å². The molecule has 0 bridgehead atoms. The average Bonchev–Trinajstić information content (AvgIpc) is 3.34. The summed E-state index contributed by atoms with van der Waals surface area (Å²) in [5, 5.41) is 1.43. The van der Waals surface area contributed by atoms with Crippen molar-refractivity contribution < 1.29 is 4.79 Å². The van der Waals surface area contributed by atoms with E-state index >= 15 is 0 Å². The second-order valence-corrected chi connectivity index (χ2v) is 8.33. The molecule has 4 rings (SSSR count). The van der Waals surface area contributed by atoms with Gasteiger partial charge in [0.1, 0.15) is 10.8 Å². The standard InChI is InChI=1S/C20H21Cl3N4O/c1-3-15-18(19(28)25(4-2)10-12-5-6-12)26-11-17(23)27(20(26)24-15)16-8-7-13(21)9-14(16)22/h7-9,11-12H,3-6,10H2,1-2H3. The van der Waals surface area contributed by atoms with E-state index in [-0.39, 0.29) is 5.91 Å². The van der Waals surface area contributed by atoms with Gasteiger partial charge in [-0.15, -0.1) is 0 Å². The Morgan fingerprint density at radius 1 is 1.25 bits per heavy atom. The fourth-order valence-corrected chi connectivity index (χ4v) is 4.24. The smallest absolute Gasteiger partial charge is 0.272 e. The lowest BCUT2D eigenvalue weighted by atomic mass is 10.2. The maximum Gasteiger partial charge on any atom is 0.272 e. The van der Waals surface area contributed by atoms with Gasteiger partial charge in [-0.3, -0.25) is 13.8 Å². The second-order valence-electron chi connectivity index (χ2n) is 7.10. The van der Waals surface area contributed by atoms with E-state index in [1.807, 2.05) is 18.7 Å². The minimum absolute atomic E-state index is 0.00484. The molecule has 1 saturated carbocycles. The zero-order valence-corrected chi connectivity index (χ0v) is 18.0. The van der Waals surface area contributed by atoms with Gasteiger partial charge in [0.2, 0.25) is 5.78 Å². The number of halogens is 3. The Labute approximate surface area is 178 Å². The normalized spacial score (nSPS) is 14.0. The first-order valence-electron chi connectivity index (χ1n) is 9.47. The van der Waals surface area contributed by atoms with E-state index in [1.54, 1.807) is 33.4 Å². The van der Waals surface area contributed by atoms with Crippen LogP contribution in [0.3, 0.4) is 0 Å². The highest BCUT2D eigenvalue weighted by Crippen LogP contribution is 2.32. The molecular weight excluding hydrogens is 419 g/mol. The Morgan fingerprint density at radius 2 is 2.00 bits per heavy atom. The molecule has 3 aromatic rings. The highest BCUT2D eigenvalue weighted by molar-refractivity contribution is 6.36. The number of imidazole rings is 2. The summed E-state index contributed by atoms with van der Waals surface area (Å²) in [6.45, 7) is 5.47. The van der Waals surface area contributed by atoms with Crippen molar-refractivity contribution in [1.29, 1.82) is 0 Å². The Kier molecular flexibility index (Phi) is 5.34. The van der Waals surface area contributed by atoms with Crippen molar-refractivity contribution in [2.24, 2.45) is 5.92 Å². The zero-order valence-electron chi connectivity index (χ0n) is 15.8. The molecular formula is C20H21Cl3N4O. The number of amides is 1. The number of hydrogen-bond acceptors (Lipinski definition) is 2. The van der Waals surface area contributed by atoms with E-state index in [0.29, 0.717) is 51.2 Å². The highest BCUT2D eigenvalue weighted by atomic mass is 35.5. The molecule has 5 nitrogen and oxygen atoms in total. The number of rotatable bonds is 6. The molecule has 1 aliphatic carbocycles. The molecule has 0 N–H and O–H groups in total. The van der Waals surface area contributed by atoms with Gasteiger partial charge in [-0.2, -0.15) is 0 Å². The van der Waals surface area contributed by atoms with Gasteiger partial charge in [0, 0.05) is 24.3 Å². The van der Waals surface area contributed by atoms with Crippen LogP contribution in [0.5, 0.6) is 0 Å². The van der Waals surface area contributed by atoms with Crippen LogP contribution in [0, 0.1) is 5.92 Å². The molecule has 2 heterocycles. The average molecular weight is 440 g/mol. The monoisotopic (exact) mass is 438 g/mol. The molecule has 148 valence electrons. The van der Waals surface area contributed by atoms with Gasteiger partial charge in [-0.25, -0.2) is 4.98 Å². The number of aromatic nitrogens is 3. The number of fused-ring (bicyclic) bond motifs is 1. The molecule has 1 aliphatic rings. The predicted molar refractivity (Wildman–Crippen MR) is 113 cm³/mol. The van der Waals surface area contributed by atoms with Crippen molar-refractivity contribution in [2.75, 3.05) is 13.1 Å². The van der Waals surface area contributed by atoms with Gasteiger partial charge in [-0.05, 0) is 50.3 Å². The van der Waals surface area contributed by atoms with Gasteiger partial charge in [0.05, 0.1) is 16.4 Å². The third kappa shape index (κ3) is 3.40. The Morgan fingerprint density at radius 3 is 2.61 bits per heavy atom. The van der Waals surface area contributed by atoms with Gasteiger partial charge < -0.3 is 4.90 Å². The predicted octanol–water partition coefficient (Wildman–Crippen LogP) is 5.52. The third-order valence-corrected chi connectivity index (χ3v) is 5.95. The molecule has 0 saturated heterocycles. The summed E-state index contributed by atoms with van der Waals surface area (Å²) < 4.78 is 3.53. The number of benzene rings is 1. The Balaban J connectivity index is 1.85. The third-order valence-electron chi connectivity index (χ3n) is 5.15. The van der Waals surface area contributed by atoms with Crippen LogP contribution in [0.1, 0.15) is 42.9 Å². The lowest BCUT2D eigenvalue weighted by Crippen LogP contribution is -2.34. The molecule has 2 aromatic heterocycles. The van der Waals surface area contributed by atoms with Crippen LogP contribution in [0.4, 0.5) is 0 Å². The summed E-state index contributed by atoms with van der Waals surface area (Å²) in [7, 11) is 0. The molecule has 1 fully saturated rings. The van der Waals surface area contributed by atoms with Crippen molar-refractivity contribution in [3.63, 3.8) is 0 Å². The molecule has 0 spiro atoms. The van der Waals surface area contributed by atoms with Gasteiger partial charge >= 0.3 is 0 Å². The summed E-state index contributed by atoms with van der Waals surface area (Å²) in [5.74, 6) is 1.19. The van der Waals surface area contributed by atoms with Crippen LogP contribution in [-0.2, 0) is 6.42 Å². The molecule has 1 aromatic carbocycles. The van der Waals surface area contributed by atoms with Crippen molar-refractivity contribution in [3.8, 4) is 5.69 Å². The minimum atomic E-state index is -0.00484. The van der Waals surface area contributed by atoms with E-state index in [1.165, 1.54) is 12.8 Å². The van der Waals surface area contributed by atoms with E-state index in [9.17, 15) is 4.79 Å². The minimum Gasteiger partial charge on any atom is -0.337 e. The van der Waals surface area contributed by atoms with E-state index in [2.05, 4.69) is 0 Å². The molecule has 0 atom stereocenters. The SMILES string of the molecule is CCc1nc2n(-c3ccc(Cl)cc3Cl)c(Cl)cn2c1C(=O)N(CC)CC1CC1. The molecule has 8 heteroatoms. The number of nitrogens with zero attached hydrogens (tertiary/aromatic N) is 4. The van der Waals surface area contributed by atoms with Crippen molar-refractivity contribution >= 4 is 46.5 Å². The van der Waals surface area contributed by atoms with Crippen LogP contribution in [0.2, 0.25) is 15.2 Å². The molecule has 0 unspecified atom stereocenters. The van der Waals surface area contributed by atoms with Crippen LogP contribution < -0.4 is 0 Å². The Bertz CT molecular complexity index is 1050. The van der Waals surface area contributed by atoms with E-state index < -0.39 is 0 Å². The molecule has 0 aliphatic heterocycles. The Hall–Kier alpha value is -1.69. The lowest BCUT2D eigenvalue weighted by Gasteiger charge is -2.20. The quantitative estimate of drug-likeness (QED) is 0.507. The molecule has 28 heavy (non-hydrogen) atoms. The summed E-state index contributed by atoms with van der Waals surface area (Å²) in [6, 6.07) is 5.21. The first kappa shape index (κ1) is 19.6. The number of carbonyl (C=O) groups is 1. The number of aryl methyl sites for hydroxylation is 1. The van der Waals surface area contributed by atoms with Crippen molar-refractivity contribution in [1.82, 2.24) is 18.9 Å². The lowest BCUT2D eigenvalue weighted by molar-refractivity contribution is 0.0749. The highest BCUT2D eigenvalue weighted by Gasteiger charge is 2.30. The van der Waals surface area contributed by atoms with Crippen LogP contribution in [0.15, 0.2) is 24.4 Å². The van der Waals surface area contributed by atoms with Gasteiger partial charge in [0.25, 0.3) is 5.91 Å². The number of hydrogen-bond donors (Lipinski definition) is 0. The van der Waals surface area contributed by atoms with E-state index in [0.717, 1.165) is 12.2 Å². The first-order valence-corrected chi connectivity index (χ1v) is 10.6. The first-order chi connectivity index (χ1) is 13.4. The largest absolute Gasteiger partial charge is 0.337 e. The second kappa shape index (κ2) is 7.62. The van der Waals surface area contributed by atoms with Crippen LogP contribution in [0.25, 0.3) is 11.5 Å². The van der Waals surface area contributed by atoms with Gasteiger partial charge in [-0.1, -0.05) is 41.7 Å². The zero-order chi connectivity index (χ0) is 20.0. The summed E-state index contributed by atoms with van der Waals surface area (Å²) in [4.78, 5) is 20.0. The summed E-state index contributed by atoms with van der Waals surface area (Å²) >= 11 is 18.9. The topological polar surface area (TPSA) is 42.5 Å². The maximum atomic E-state index is 13.3. The maximum absolute atomic E-state index is 13.3. The fraction of sp³-hybridized carbons (Fsp3) is 0.400. The summed E-state index contributed by atoms with van der Waals surface area (Å²) in [5.41, 5.74) is 2.00. The number of carbonyl (C=O) groups excluding carboxylic acids is 1. The van der Waals surface area contributed by atoms with E-state index in [4.69, 9.17) is 39.8 Å². The molecule has 0 radical (unpaired) electrons. The fourth-order valence-electron chi connectivity index (χ4n) is 3.48. The van der Waals surface area contributed by atoms with Crippen LogP contribution >= 0.6 is 34.8 Å². The van der Waals surface area contributed by atoms with Crippen molar-refractivity contribution in [2.45, 2.75) is 33.1 Å².